The largest absolute Gasteiger partial charge is 0.361 e. The summed E-state index contributed by atoms with van der Waals surface area (Å²) in [5, 5.41) is 0. The lowest BCUT2D eigenvalue weighted by atomic mass is 10.1. The van der Waals surface area contributed by atoms with Crippen molar-refractivity contribution in [1.29, 1.82) is 0 Å². The number of aromatic nitrogens is 3. The van der Waals surface area contributed by atoms with E-state index < -0.39 is 0 Å². The summed E-state index contributed by atoms with van der Waals surface area (Å²) in [7, 11) is 0. The van der Waals surface area contributed by atoms with Gasteiger partial charge in [-0.2, -0.15) is 0 Å². The fourth-order valence-electron chi connectivity index (χ4n) is 4.35. The summed E-state index contributed by atoms with van der Waals surface area (Å²) in [6.45, 7) is 0. The molecule has 6 aromatic rings. The van der Waals surface area contributed by atoms with Gasteiger partial charge in [0.1, 0.15) is 0 Å². The number of benzene rings is 3. The van der Waals surface area contributed by atoms with Gasteiger partial charge < -0.3 is 19.9 Å². The normalized spacial score (nSPS) is 10.9. The number of hydrogen-bond acceptors (Lipinski definition) is 1. The SMILES string of the molecule is c1c[nH]c(-c2ccc(N(c3ccc(-c4ccc[nH]4)cc3)c3ccc(-c4ccc[nH]4)cc3)cc2)c1. The van der Waals surface area contributed by atoms with Gasteiger partial charge in [-0.25, -0.2) is 0 Å². The number of hydrogen-bond donors (Lipinski definition) is 3. The van der Waals surface area contributed by atoms with E-state index in [4.69, 9.17) is 0 Å². The second-order valence-electron chi connectivity index (χ2n) is 8.23. The van der Waals surface area contributed by atoms with Crippen molar-refractivity contribution in [3.63, 3.8) is 0 Å². The van der Waals surface area contributed by atoms with Gasteiger partial charge in [0.15, 0.2) is 0 Å². The Morgan fingerprint density at radius 1 is 0.353 bits per heavy atom. The number of nitrogens with zero attached hydrogens (tertiary/aromatic N) is 1. The van der Waals surface area contributed by atoms with Crippen molar-refractivity contribution in [3.05, 3.63) is 128 Å². The summed E-state index contributed by atoms with van der Waals surface area (Å²) in [6, 6.07) is 38.3. The number of aromatic amines is 3. The fraction of sp³-hybridized carbons (Fsp3) is 0. The average Bonchev–Trinajstić information content (AvgIpc) is 3.69. The van der Waals surface area contributed by atoms with Crippen LogP contribution >= 0.6 is 0 Å². The molecule has 0 aliphatic rings. The zero-order valence-electron chi connectivity index (χ0n) is 18.6. The highest BCUT2D eigenvalue weighted by atomic mass is 15.1. The summed E-state index contributed by atoms with van der Waals surface area (Å²) in [5.74, 6) is 0. The Kier molecular flexibility index (Phi) is 5.09. The number of nitrogens with one attached hydrogen (secondary N) is 3. The molecule has 0 bridgehead atoms. The third-order valence-electron chi connectivity index (χ3n) is 6.10. The standard InChI is InChI=1S/C30H24N4/c1-4-28(31-19-1)22-7-13-25(14-8-22)34(26-15-9-23(10-16-26)29-5-2-20-32-29)27-17-11-24(12-18-27)30-6-3-21-33-30/h1-21,31-33H. The minimum atomic E-state index is 1.11. The Morgan fingerprint density at radius 2 is 0.647 bits per heavy atom. The first-order chi connectivity index (χ1) is 16.8. The molecule has 0 saturated carbocycles. The second kappa shape index (κ2) is 8.68. The molecule has 0 saturated heterocycles. The van der Waals surface area contributed by atoms with Crippen molar-refractivity contribution in [3.8, 4) is 33.8 Å². The first kappa shape index (κ1) is 19.9. The van der Waals surface area contributed by atoms with Crippen molar-refractivity contribution in [2.24, 2.45) is 0 Å². The minimum absolute atomic E-state index is 1.11. The van der Waals surface area contributed by atoms with Gasteiger partial charge in [-0.3, -0.25) is 0 Å². The van der Waals surface area contributed by atoms with E-state index in [-0.39, 0.29) is 0 Å². The van der Waals surface area contributed by atoms with E-state index in [1.165, 1.54) is 0 Å². The Bertz CT molecular complexity index is 1260. The lowest BCUT2D eigenvalue weighted by Gasteiger charge is -2.26. The maximum Gasteiger partial charge on any atom is 0.0462 e. The molecule has 4 heteroatoms. The molecule has 3 heterocycles. The van der Waals surface area contributed by atoms with Gasteiger partial charge in [0.25, 0.3) is 0 Å². The molecular weight excluding hydrogens is 416 g/mol. The molecule has 164 valence electrons. The van der Waals surface area contributed by atoms with Crippen LogP contribution < -0.4 is 4.90 Å². The smallest absolute Gasteiger partial charge is 0.0462 e. The number of anilines is 3. The van der Waals surface area contributed by atoms with Crippen LogP contribution in [0.5, 0.6) is 0 Å². The van der Waals surface area contributed by atoms with Gasteiger partial charge in [-0.15, -0.1) is 0 Å². The Morgan fingerprint density at radius 3 is 0.882 bits per heavy atom. The molecule has 3 aromatic heterocycles. The van der Waals surface area contributed by atoms with Crippen LogP contribution in [0.1, 0.15) is 0 Å². The van der Waals surface area contributed by atoms with E-state index in [0.717, 1.165) is 50.8 Å². The molecule has 0 spiro atoms. The predicted molar refractivity (Wildman–Crippen MR) is 140 cm³/mol. The molecule has 0 aliphatic carbocycles. The number of H-pyrrole nitrogens is 3. The molecule has 34 heavy (non-hydrogen) atoms. The Balaban J connectivity index is 1.39. The lowest BCUT2D eigenvalue weighted by molar-refractivity contribution is 1.28. The highest BCUT2D eigenvalue weighted by molar-refractivity contribution is 5.80. The summed E-state index contributed by atoms with van der Waals surface area (Å²) >= 11 is 0. The third kappa shape index (κ3) is 3.82. The molecule has 0 unspecified atom stereocenters. The molecule has 3 aromatic carbocycles. The third-order valence-corrected chi connectivity index (χ3v) is 6.10. The van der Waals surface area contributed by atoms with Gasteiger partial charge in [0.2, 0.25) is 0 Å². The molecule has 4 nitrogen and oxygen atoms in total. The summed E-state index contributed by atoms with van der Waals surface area (Å²) < 4.78 is 0. The molecule has 0 atom stereocenters. The molecule has 0 amide bonds. The molecule has 0 aliphatic heterocycles. The van der Waals surface area contributed by atoms with Crippen molar-refractivity contribution in [1.82, 2.24) is 15.0 Å². The van der Waals surface area contributed by atoms with Crippen molar-refractivity contribution in [2.75, 3.05) is 4.90 Å². The quantitative estimate of drug-likeness (QED) is 0.240. The van der Waals surface area contributed by atoms with Gasteiger partial charge >= 0.3 is 0 Å². The van der Waals surface area contributed by atoms with Crippen molar-refractivity contribution < 1.29 is 0 Å². The first-order valence-corrected chi connectivity index (χ1v) is 11.4. The highest BCUT2D eigenvalue weighted by Crippen LogP contribution is 2.37. The maximum atomic E-state index is 3.29. The summed E-state index contributed by atoms with van der Waals surface area (Å²) in [4.78, 5) is 12.1. The van der Waals surface area contributed by atoms with Crippen LogP contribution in [0.4, 0.5) is 17.1 Å². The van der Waals surface area contributed by atoms with Gasteiger partial charge in [0, 0.05) is 52.7 Å². The van der Waals surface area contributed by atoms with E-state index in [1.807, 2.05) is 36.8 Å². The average molecular weight is 441 g/mol. The van der Waals surface area contributed by atoms with Gasteiger partial charge in [0.05, 0.1) is 0 Å². The van der Waals surface area contributed by atoms with Crippen molar-refractivity contribution >= 4 is 17.1 Å². The van der Waals surface area contributed by atoms with E-state index in [9.17, 15) is 0 Å². The fourth-order valence-corrected chi connectivity index (χ4v) is 4.35. The van der Waals surface area contributed by atoms with Crippen LogP contribution in [0.15, 0.2) is 128 Å². The van der Waals surface area contributed by atoms with E-state index in [1.54, 1.807) is 0 Å². The van der Waals surface area contributed by atoms with E-state index in [0.29, 0.717) is 0 Å². The van der Waals surface area contributed by atoms with Gasteiger partial charge in [-0.05, 0) is 89.5 Å². The van der Waals surface area contributed by atoms with Crippen LogP contribution in [0.3, 0.4) is 0 Å². The van der Waals surface area contributed by atoms with Crippen LogP contribution in [0.25, 0.3) is 33.8 Å². The van der Waals surface area contributed by atoms with E-state index in [2.05, 4.69) is 111 Å². The molecule has 0 radical (unpaired) electrons. The van der Waals surface area contributed by atoms with Crippen LogP contribution in [-0.2, 0) is 0 Å². The first-order valence-electron chi connectivity index (χ1n) is 11.4. The van der Waals surface area contributed by atoms with Crippen LogP contribution in [-0.4, -0.2) is 15.0 Å². The molecule has 6 rings (SSSR count). The topological polar surface area (TPSA) is 50.6 Å². The summed E-state index contributed by atoms with van der Waals surface area (Å²) in [6.07, 6.45) is 5.85. The minimum Gasteiger partial charge on any atom is -0.361 e. The monoisotopic (exact) mass is 440 g/mol. The molecular formula is C30H24N4. The molecule has 3 N–H and O–H groups in total. The zero-order chi connectivity index (χ0) is 22.7. The Labute approximate surface area is 198 Å². The second-order valence-corrected chi connectivity index (χ2v) is 8.23. The zero-order valence-corrected chi connectivity index (χ0v) is 18.6. The predicted octanol–water partition coefficient (Wildman–Crippen LogP) is 8.14. The van der Waals surface area contributed by atoms with Gasteiger partial charge in [-0.1, -0.05) is 36.4 Å². The maximum absolute atomic E-state index is 3.29. The highest BCUT2D eigenvalue weighted by Gasteiger charge is 2.14. The Hall–Kier alpha value is -4.70. The number of rotatable bonds is 6. The van der Waals surface area contributed by atoms with Crippen LogP contribution in [0, 0.1) is 0 Å². The van der Waals surface area contributed by atoms with E-state index >= 15 is 0 Å². The lowest BCUT2D eigenvalue weighted by Crippen LogP contribution is -2.09. The summed E-state index contributed by atoms with van der Waals surface area (Å²) in [5.41, 5.74) is 10.2. The van der Waals surface area contributed by atoms with Crippen LogP contribution in [0.2, 0.25) is 0 Å². The molecule has 0 fully saturated rings. The van der Waals surface area contributed by atoms with Crippen molar-refractivity contribution in [2.45, 2.75) is 0 Å².